The van der Waals surface area contributed by atoms with Crippen molar-refractivity contribution in [2.45, 2.75) is 32.6 Å². The Labute approximate surface area is 70.3 Å². The van der Waals surface area contributed by atoms with Crippen LogP contribution < -0.4 is 0 Å². The first kappa shape index (κ1) is 8.25. The maximum absolute atomic E-state index is 11.3. The highest BCUT2D eigenvalue weighted by Crippen LogP contribution is 2.44. The van der Waals surface area contributed by atoms with Crippen molar-refractivity contribution in [2.24, 2.45) is 5.41 Å². The van der Waals surface area contributed by atoms with Gasteiger partial charge in [0.25, 0.3) is 0 Å². The van der Waals surface area contributed by atoms with Crippen LogP contribution in [0.5, 0.6) is 0 Å². The Morgan fingerprint density at radius 2 is 2.20 bits per heavy atom. The Balaban J connectivity index is 2.55. The third-order valence-electron chi connectivity index (χ3n) is 2.70. The number of ketones is 1. The van der Waals surface area contributed by atoms with Gasteiger partial charge in [-0.1, -0.05) is 29.3 Å². The SMILES string of the molecule is CCC1(C(=O)CBr)CCC1. The molecule has 0 aromatic rings. The lowest BCUT2D eigenvalue weighted by atomic mass is 9.65. The van der Waals surface area contributed by atoms with Gasteiger partial charge in [-0.15, -0.1) is 0 Å². The Morgan fingerprint density at radius 3 is 2.30 bits per heavy atom. The summed E-state index contributed by atoms with van der Waals surface area (Å²) < 4.78 is 0. The summed E-state index contributed by atoms with van der Waals surface area (Å²) in [7, 11) is 0. The molecule has 1 aliphatic rings. The summed E-state index contributed by atoms with van der Waals surface area (Å²) in [5.74, 6) is 0.404. The Hall–Kier alpha value is 0.150. The topological polar surface area (TPSA) is 17.1 Å². The molecule has 0 bridgehead atoms. The van der Waals surface area contributed by atoms with Crippen molar-refractivity contribution >= 4 is 21.7 Å². The van der Waals surface area contributed by atoms with E-state index < -0.39 is 0 Å². The molecular weight excluding hydrogens is 192 g/mol. The van der Waals surface area contributed by atoms with Crippen LogP contribution in [0.25, 0.3) is 0 Å². The largest absolute Gasteiger partial charge is 0.298 e. The van der Waals surface area contributed by atoms with Crippen molar-refractivity contribution in [1.82, 2.24) is 0 Å². The maximum Gasteiger partial charge on any atom is 0.149 e. The maximum atomic E-state index is 11.3. The minimum absolute atomic E-state index is 0.0868. The zero-order valence-electron chi connectivity index (χ0n) is 6.32. The van der Waals surface area contributed by atoms with Crippen LogP contribution in [0.4, 0.5) is 0 Å². The molecule has 0 aromatic heterocycles. The van der Waals surface area contributed by atoms with Gasteiger partial charge in [0.1, 0.15) is 5.78 Å². The monoisotopic (exact) mass is 204 g/mol. The van der Waals surface area contributed by atoms with E-state index >= 15 is 0 Å². The summed E-state index contributed by atoms with van der Waals surface area (Å²) in [6.45, 7) is 2.11. The molecule has 1 fully saturated rings. The van der Waals surface area contributed by atoms with Crippen molar-refractivity contribution in [3.63, 3.8) is 0 Å². The Bertz CT molecular complexity index is 133. The summed E-state index contributed by atoms with van der Waals surface area (Å²) in [5.41, 5.74) is 0.0868. The number of Topliss-reactive ketones (excluding diaryl/α,β-unsaturated/α-hetero) is 1. The van der Waals surface area contributed by atoms with Gasteiger partial charge in [-0.05, 0) is 19.3 Å². The van der Waals surface area contributed by atoms with E-state index in [1.54, 1.807) is 0 Å². The first-order valence-corrected chi connectivity index (χ1v) is 4.96. The number of carbonyl (C=O) groups is 1. The smallest absolute Gasteiger partial charge is 0.149 e. The summed E-state index contributed by atoms with van der Waals surface area (Å²) in [4.78, 5) is 11.3. The molecule has 0 radical (unpaired) electrons. The molecule has 0 unspecified atom stereocenters. The van der Waals surface area contributed by atoms with E-state index in [1.165, 1.54) is 6.42 Å². The normalized spacial score (nSPS) is 21.8. The van der Waals surface area contributed by atoms with Crippen LogP contribution in [0, 0.1) is 5.41 Å². The Kier molecular flexibility index (Phi) is 2.50. The second-order valence-electron chi connectivity index (χ2n) is 3.04. The van der Waals surface area contributed by atoms with Crippen LogP contribution in [0.1, 0.15) is 32.6 Å². The van der Waals surface area contributed by atoms with E-state index in [-0.39, 0.29) is 5.41 Å². The van der Waals surface area contributed by atoms with Crippen LogP contribution in [0.3, 0.4) is 0 Å². The van der Waals surface area contributed by atoms with Gasteiger partial charge in [0, 0.05) is 5.41 Å². The van der Waals surface area contributed by atoms with Gasteiger partial charge >= 0.3 is 0 Å². The molecule has 0 N–H and O–H groups in total. The molecule has 0 amide bonds. The van der Waals surface area contributed by atoms with Crippen LogP contribution in [0.2, 0.25) is 0 Å². The zero-order valence-corrected chi connectivity index (χ0v) is 7.91. The number of halogens is 1. The van der Waals surface area contributed by atoms with Crippen molar-refractivity contribution in [3.05, 3.63) is 0 Å². The quantitative estimate of drug-likeness (QED) is 0.647. The summed E-state index contributed by atoms with van der Waals surface area (Å²) in [6, 6.07) is 0. The molecule has 58 valence electrons. The highest BCUT2D eigenvalue weighted by atomic mass is 79.9. The molecule has 10 heavy (non-hydrogen) atoms. The van der Waals surface area contributed by atoms with E-state index in [0.717, 1.165) is 19.3 Å². The first-order chi connectivity index (χ1) is 4.75. The number of hydrogen-bond donors (Lipinski definition) is 0. The van der Waals surface area contributed by atoms with Crippen LogP contribution in [-0.4, -0.2) is 11.1 Å². The van der Waals surface area contributed by atoms with E-state index in [0.29, 0.717) is 11.1 Å². The van der Waals surface area contributed by atoms with Crippen molar-refractivity contribution in [2.75, 3.05) is 5.33 Å². The fourth-order valence-electron chi connectivity index (χ4n) is 1.57. The minimum atomic E-state index is 0.0868. The highest BCUT2D eigenvalue weighted by Gasteiger charge is 2.40. The molecule has 1 aliphatic carbocycles. The lowest BCUT2D eigenvalue weighted by molar-refractivity contribution is -0.130. The third kappa shape index (κ3) is 1.14. The van der Waals surface area contributed by atoms with Crippen LogP contribution >= 0.6 is 15.9 Å². The molecule has 1 nitrogen and oxygen atoms in total. The number of hydrogen-bond acceptors (Lipinski definition) is 1. The molecule has 0 aliphatic heterocycles. The number of rotatable bonds is 3. The molecule has 1 rings (SSSR count). The van der Waals surface area contributed by atoms with Crippen molar-refractivity contribution in [1.29, 1.82) is 0 Å². The average molecular weight is 205 g/mol. The fraction of sp³-hybridized carbons (Fsp3) is 0.875. The van der Waals surface area contributed by atoms with Crippen LogP contribution in [0.15, 0.2) is 0 Å². The number of carbonyl (C=O) groups excluding carboxylic acids is 1. The van der Waals surface area contributed by atoms with Gasteiger partial charge in [0.05, 0.1) is 5.33 Å². The molecule has 0 heterocycles. The summed E-state index contributed by atoms with van der Waals surface area (Å²) in [5, 5.41) is 0.542. The fourth-order valence-corrected chi connectivity index (χ4v) is 2.17. The van der Waals surface area contributed by atoms with Gasteiger partial charge in [0.15, 0.2) is 0 Å². The molecule has 0 atom stereocenters. The van der Waals surface area contributed by atoms with Gasteiger partial charge in [-0.25, -0.2) is 0 Å². The summed E-state index contributed by atoms with van der Waals surface area (Å²) in [6.07, 6.45) is 4.51. The molecule has 2 heteroatoms. The molecular formula is C8H13BrO. The second kappa shape index (κ2) is 3.04. The van der Waals surface area contributed by atoms with Crippen molar-refractivity contribution in [3.8, 4) is 0 Å². The third-order valence-corrected chi connectivity index (χ3v) is 3.21. The average Bonchev–Trinajstić information content (AvgIpc) is 1.86. The standard InChI is InChI=1S/C8H13BrO/c1-2-8(4-3-5-8)7(10)6-9/h2-6H2,1H3. The lowest BCUT2D eigenvalue weighted by Gasteiger charge is -2.39. The van der Waals surface area contributed by atoms with Crippen LogP contribution in [-0.2, 0) is 4.79 Å². The zero-order chi connectivity index (χ0) is 7.61. The van der Waals surface area contributed by atoms with Gasteiger partial charge < -0.3 is 0 Å². The molecule has 0 spiro atoms. The Morgan fingerprint density at radius 1 is 1.60 bits per heavy atom. The van der Waals surface area contributed by atoms with E-state index in [9.17, 15) is 4.79 Å². The summed E-state index contributed by atoms with van der Waals surface area (Å²) >= 11 is 3.22. The van der Waals surface area contributed by atoms with E-state index in [4.69, 9.17) is 0 Å². The second-order valence-corrected chi connectivity index (χ2v) is 3.60. The first-order valence-electron chi connectivity index (χ1n) is 3.84. The van der Waals surface area contributed by atoms with Gasteiger partial charge in [-0.3, -0.25) is 4.79 Å². The van der Waals surface area contributed by atoms with Gasteiger partial charge in [0.2, 0.25) is 0 Å². The number of alkyl halides is 1. The van der Waals surface area contributed by atoms with Crippen molar-refractivity contribution < 1.29 is 4.79 Å². The van der Waals surface area contributed by atoms with E-state index in [2.05, 4.69) is 22.9 Å². The molecule has 0 aromatic carbocycles. The van der Waals surface area contributed by atoms with E-state index in [1.807, 2.05) is 0 Å². The molecule has 0 saturated heterocycles. The lowest BCUT2D eigenvalue weighted by Crippen LogP contribution is -2.38. The predicted molar refractivity (Wildman–Crippen MR) is 45.4 cm³/mol. The molecule has 1 saturated carbocycles. The minimum Gasteiger partial charge on any atom is -0.298 e. The highest BCUT2D eigenvalue weighted by molar-refractivity contribution is 9.09. The predicted octanol–water partition coefficient (Wildman–Crippen LogP) is 2.53. The van der Waals surface area contributed by atoms with Gasteiger partial charge in [-0.2, -0.15) is 0 Å².